The van der Waals surface area contributed by atoms with Gasteiger partial charge in [0.2, 0.25) is 11.9 Å². The van der Waals surface area contributed by atoms with Crippen molar-refractivity contribution < 1.29 is 8.42 Å². The highest BCUT2D eigenvalue weighted by molar-refractivity contribution is 7.91. The molecule has 3 N–H and O–H groups in total. The number of hydrogen-bond acceptors (Lipinski definition) is 6. The van der Waals surface area contributed by atoms with E-state index in [2.05, 4.69) is 15.4 Å². The number of sulfone groups is 1. The predicted molar refractivity (Wildman–Crippen MR) is 56.3 cm³/mol. The molecule has 7 nitrogen and oxygen atoms in total. The lowest BCUT2D eigenvalue weighted by molar-refractivity contribution is 0.507. The van der Waals surface area contributed by atoms with Crippen LogP contribution in [0.25, 0.3) is 0 Å². The van der Waals surface area contributed by atoms with E-state index in [4.69, 9.17) is 5.73 Å². The minimum absolute atomic E-state index is 0.101. The molecule has 1 saturated heterocycles. The van der Waals surface area contributed by atoms with Crippen LogP contribution < -0.4 is 11.1 Å². The van der Waals surface area contributed by atoms with Gasteiger partial charge < -0.3 is 11.1 Å². The highest BCUT2D eigenvalue weighted by atomic mass is 32.2. The third kappa shape index (κ3) is 1.89. The number of hydrogen-bond donors (Lipinski definition) is 2. The van der Waals surface area contributed by atoms with E-state index < -0.39 is 9.84 Å². The minimum atomic E-state index is -2.92. The van der Waals surface area contributed by atoms with Crippen LogP contribution >= 0.6 is 0 Å². The molecule has 2 heterocycles. The van der Waals surface area contributed by atoms with Gasteiger partial charge in [-0.1, -0.05) is 0 Å². The van der Waals surface area contributed by atoms with Crippen LogP contribution in [0.3, 0.4) is 0 Å². The zero-order valence-corrected chi connectivity index (χ0v) is 9.16. The maximum Gasteiger partial charge on any atom is 0.243 e. The highest BCUT2D eigenvalue weighted by Gasteiger charge is 2.31. The van der Waals surface area contributed by atoms with E-state index in [-0.39, 0.29) is 23.5 Å². The van der Waals surface area contributed by atoms with Gasteiger partial charge in [0.15, 0.2) is 9.84 Å². The van der Waals surface area contributed by atoms with Crippen molar-refractivity contribution in [1.29, 1.82) is 0 Å². The topological polar surface area (TPSA) is 103 Å². The molecule has 1 aliphatic heterocycles. The van der Waals surface area contributed by atoms with Crippen molar-refractivity contribution in [1.82, 2.24) is 14.8 Å². The van der Waals surface area contributed by atoms with Crippen LogP contribution in [0.4, 0.5) is 11.9 Å². The molecule has 1 unspecified atom stereocenters. The first-order valence-electron chi connectivity index (χ1n) is 4.62. The van der Waals surface area contributed by atoms with Crippen LogP contribution in [-0.2, 0) is 9.84 Å². The van der Waals surface area contributed by atoms with E-state index in [9.17, 15) is 8.42 Å². The summed E-state index contributed by atoms with van der Waals surface area (Å²) < 4.78 is 24.1. The van der Waals surface area contributed by atoms with Gasteiger partial charge in [-0.15, -0.1) is 5.10 Å². The summed E-state index contributed by atoms with van der Waals surface area (Å²) in [5.74, 6) is 0.966. The molecule has 1 aliphatic rings. The van der Waals surface area contributed by atoms with E-state index in [1.807, 2.05) is 0 Å². The molecule has 1 fully saturated rings. The normalized spacial score (nSPS) is 24.2. The summed E-state index contributed by atoms with van der Waals surface area (Å²) in [6.07, 6.45) is 0.555. The van der Waals surface area contributed by atoms with Crippen molar-refractivity contribution in [2.24, 2.45) is 0 Å². The smallest absolute Gasteiger partial charge is 0.243 e. The Bertz CT molecular complexity index is 466. The minimum Gasteiger partial charge on any atom is -0.368 e. The Morgan fingerprint density at radius 3 is 2.80 bits per heavy atom. The van der Waals surface area contributed by atoms with Crippen LogP contribution in [0.1, 0.15) is 12.5 Å². The van der Waals surface area contributed by atoms with E-state index in [1.54, 1.807) is 7.05 Å². The number of nitrogens with two attached hydrogens (primary N) is 1. The average molecular weight is 231 g/mol. The molecular weight excluding hydrogens is 218 g/mol. The summed E-state index contributed by atoms with van der Waals surface area (Å²) in [7, 11) is -1.24. The number of rotatable bonds is 2. The number of anilines is 2. The zero-order chi connectivity index (χ0) is 11.1. The van der Waals surface area contributed by atoms with E-state index >= 15 is 0 Å². The molecule has 2 rings (SSSR count). The third-order valence-corrected chi connectivity index (χ3v) is 4.19. The molecule has 84 valence electrons. The second kappa shape index (κ2) is 3.37. The summed E-state index contributed by atoms with van der Waals surface area (Å²) in [6.45, 7) is 0. The summed E-state index contributed by atoms with van der Waals surface area (Å²) in [5.41, 5.74) is 5.64. The Morgan fingerprint density at radius 2 is 2.33 bits per heavy atom. The van der Waals surface area contributed by atoms with E-state index in [0.29, 0.717) is 12.4 Å². The fraction of sp³-hybridized carbons (Fsp3) is 0.714. The van der Waals surface area contributed by atoms with Gasteiger partial charge in [0.05, 0.1) is 17.5 Å². The Morgan fingerprint density at radius 1 is 1.60 bits per heavy atom. The number of nitrogens with zero attached hydrogens (tertiary/aromatic N) is 3. The number of nitrogens with one attached hydrogen (secondary N) is 1. The van der Waals surface area contributed by atoms with Gasteiger partial charge >= 0.3 is 0 Å². The van der Waals surface area contributed by atoms with Crippen LogP contribution in [0.2, 0.25) is 0 Å². The first-order chi connectivity index (χ1) is 7.02. The van der Waals surface area contributed by atoms with Gasteiger partial charge in [0.25, 0.3) is 0 Å². The largest absolute Gasteiger partial charge is 0.368 e. The summed E-state index contributed by atoms with van der Waals surface area (Å²) in [4.78, 5) is 3.95. The van der Waals surface area contributed by atoms with E-state index in [1.165, 1.54) is 4.68 Å². The van der Waals surface area contributed by atoms with Gasteiger partial charge in [-0.3, -0.25) is 0 Å². The van der Waals surface area contributed by atoms with E-state index in [0.717, 1.165) is 0 Å². The molecule has 1 aromatic rings. The van der Waals surface area contributed by atoms with Crippen molar-refractivity contribution in [3.05, 3.63) is 0 Å². The molecular formula is C7H13N5O2S. The quantitative estimate of drug-likeness (QED) is 0.695. The Hall–Kier alpha value is -1.31. The molecule has 15 heavy (non-hydrogen) atoms. The predicted octanol–water partition coefficient (Wildman–Crippen LogP) is -0.738. The second-order valence-electron chi connectivity index (χ2n) is 3.55. The standard InChI is InChI=1S/C7H13N5O2S/c1-9-7-10-6(8)12(11-7)5-2-3-15(13,14)4-5/h5H,2-4H2,1H3,(H3,8,9,10,11). The fourth-order valence-corrected chi connectivity index (χ4v) is 3.37. The van der Waals surface area contributed by atoms with Crippen LogP contribution in [0.5, 0.6) is 0 Å². The molecule has 0 aliphatic carbocycles. The van der Waals surface area contributed by atoms with Crippen molar-refractivity contribution in [2.75, 3.05) is 29.6 Å². The van der Waals surface area contributed by atoms with Gasteiger partial charge in [-0.25, -0.2) is 13.1 Å². The van der Waals surface area contributed by atoms with Gasteiger partial charge in [0, 0.05) is 7.05 Å². The van der Waals surface area contributed by atoms with Crippen molar-refractivity contribution >= 4 is 21.7 Å². The molecule has 0 bridgehead atoms. The molecule has 1 atom stereocenters. The van der Waals surface area contributed by atoms with Crippen molar-refractivity contribution in [2.45, 2.75) is 12.5 Å². The number of aromatic nitrogens is 3. The molecule has 0 saturated carbocycles. The zero-order valence-electron chi connectivity index (χ0n) is 8.34. The van der Waals surface area contributed by atoms with Gasteiger partial charge in [-0.2, -0.15) is 4.98 Å². The maximum atomic E-state index is 11.3. The van der Waals surface area contributed by atoms with Crippen molar-refractivity contribution in [3.63, 3.8) is 0 Å². The molecule has 8 heteroatoms. The van der Waals surface area contributed by atoms with Gasteiger partial charge in [-0.05, 0) is 6.42 Å². The summed E-state index contributed by atoms with van der Waals surface area (Å²) >= 11 is 0. The monoisotopic (exact) mass is 231 g/mol. The SMILES string of the molecule is CNc1nc(N)n(C2CCS(=O)(=O)C2)n1. The second-order valence-corrected chi connectivity index (χ2v) is 5.77. The lowest BCUT2D eigenvalue weighted by Gasteiger charge is -2.08. The molecule has 1 aromatic heterocycles. The average Bonchev–Trinajstić information content (AvgIpc) is 2.69. The Labute approximate surface area is 87.6 Å². The lowest BCUT2D eigenvalue weighted by atomic mass is 10.3. The lowest BCUT2D eigenvalue weighted by Crippen LogP contribution is -2.14. The fourth-order valence-electron chi connectivity index (χ4n) is 1.68. The van der Waals surface area contributed by atoms with Crippen LogP contribution in [0.15, 0.2) is 0 Å². The first kappa shape index (κ1) is 10.2. The number of nitrogen functional groups attached to an aromatic ring is 1. The molecule has 0 amide bonds. The third-order valence-electron chi connectivity index (χ3n) is 2.44. The van der Waals surface area contributed by atoms with Crippen molar-refractivity contribution in [3.8, 4) is 0 Å². The van der Waals surface area contributed by atoms with Crippen LogP contribution in [-0.4, -0.2) is 41.7 Å². The van der Waals surface area contributed by atoms with Gasteiger partial charge in [0.1, 0.15) is 0 Å². The summed E-state index contributed by atoms with van der Waals surface area (Å²) in [5, 5.41) is 6.84. The molecule has 0 radical (unpaired) electrons. The highest BCUT2D eigenvalue weighted by Crippen LogP contribution is 2.25. The Kier molecular flexibility index (Phi) is 2.29. The maximum absolute atomic E-state index is 11.3. The molecule has 0 aromatic carbocycles. The van der Waals surface area contributed by atoms with Crippen LogP contribution in [0, 0.1) is 0 Å². The molecule has 0 spiro atoms. The Balaban J connectivity index is 2.27. The summed E-state index contributed by atoms with van der Waals surface area (Å²) in [6, 6.07) is -0.176. The first-order valence-corrected chi connectivity index (χ1v) is 6.44.